The molecule has 4 amide bonds. The Morgan fingerprint density at radius 3 is 1.85 bits per heavy atom. The minimum atomic E-state index is -0.905. The van der Waals surface area contributed by atoms with Crippen LogP contribution in [0.25, 0.3) is 44.6 Å². The van der Waals surface area contributed by atoms with E-state index in [0.717, 1.165) is 63.9 Å². The highest BCUT2D eigenvalue weighted by molar-refractivity contribution is 5.89. The van der Waals surface area contributed by atoms with Gasteiger partial charge in [-0.15, -0.1) is 0 Å². The molecule has 2 aliphatic heterocycles. The van der Waals surface area contributed by atoms with Crippen LogP contribution in [-0.4, -0.2) is 86.0 Å². The van der Waals surface area contributed by atoms with Crippen LogP contribution in [-0.2, 0) is 19.1 Å². The SMILES string of the molecule is COC(=O)NC(C(=O)N1CCCC1c1ccc2cc(-c3ccc(-c4cnc5nc(C6CCCN6C(=O)C(NC(=O)OC)c6ccccc6)[nH]c5c4)cc3)[nH]c2n1)c1ccccc1. The van der Waals surface area contributed by atoms with Gasteiger partial charge in [0, 0.05) is 35.9 Å². The minimum absolute atomic E-state index is 0.211. The summed E-state index contributed by atoms with van der Waals surface area (Å²) in [4.78, 5) is 77.5. The molecule has 4 N–H and O–H groups in total. The second-order valence-electron chi connectivity index (χ2n) is 15.5. The third kappa shape index (κ3) is 7.91. The van der Waals surface area contributed by atoms with E-state index in [4.69, 9.17) is 19.4 Å². The van der Waals surface area contributed by atoms with E-state index in [1.54, 1.807) is 16.0 Å². The first-order valence-electron chi connectivity index (χ1n) is 20.6. The molecule has 2 fully saturated rings. The van der Waals surface area contributed by atoms with E-state index in [0.29, 0.717) is 42.1 Å². The van der Waals surface area contributed by atoms with Gasteiger partial charge in [0.2, 0.25) is 5.91 Å². The Morgan fingerprint density at radius 1 is 0.661 bits per heavy atom. The maximum Gasteiger partial charge on any atom is 0.407 e. The molecule has 15 nitrogen and oxygen atoms in total. The first-order valence-corrected chi connectivity index (χ1v) is 20.6. The van der Waals surface area contributed by atoms with E-state index in [1.165, 1.54) is 14.2 Å². The number of alkyl carbamates (subject to hydrolysis) is 2. The molecule has 62 heavy (non-hydrogen) atoms. The Bertz CT molecular complexity index is 2650. The zero-order valence-electron chi connectivity index (χ0n) is 34.2. The Labute approximate surface area is 356 Å². The number of amides is 4. The quantitative estimate of drug-likeness (QED) is 0.107. The lowest BCUT2D eigenvalue weighted by Gasteiger charge is -2.29. The van der Waals surface area contributed by atoms with Gasteiger partial charge in [-0.05, 0) is 72.2 Å². The molecule has 9 rings (SSSR count). The first-order chi connectivity index (χ1) is 30.3. The van der Waals surface area contributed by atoms with Crippen LogP contribution in [0.5, 0.6) is 0 Å². The molecule has 2 aliphatic rings. The number of aromatic amines is 2. The molecule has 3 aromatic carbocycles. The van der Waals surface area contributed by atoms with Crippen LogP contribution in [0.2, 0.25) is 0 Å². The molecule has 4 unspecified atom stereocenters. The highest BCUT2D eigenvalue weighted by Crippen LogP contribution is 2.37. The largest absolute Gasteiger partial charge is 0.453 e. The van der Waals surface area contributed by atoms with Gasteiger partial charge in [-0.25, -0.2) is 24.5 Å². The topological polar surface area (TPSA) is 188 Å². The molecule has 6 heterocycles. The number of H-pyrrole nitrogens is 2. The summed E-state index contributed by atoms with van der Waals surface area (Å²) >= 11 is 0. The van der Waals surface area contributed by atoms with Gasteiger partial charge in [0.1, 0.15) is 23.6 Å². The zero-order valence-corrected chi connectivity index (χ0v) is 34.2. The Kier molecular flexibility index (Phi) is 11.1. The number of rotatable bonds is 10. The van der Waals surface area contributed by atoms with E-state index in [-0.39, 0.29) is 23.9 Å². The molecule has 2 saturated heterocycles. The Morgan fingerprint density at radius 2 is 1.24 bits per heavy atom. The fraction of sp³-hybridized carbons (Fsp3) is 0.255. The van der Waals surface area contributed by atoms with Crippen molar-refractivity contribution in [3.63, 3.8) is 0 Å². The van der Waals surface area contributed by atoms with Crippen molar-refractivity contribution in [1.29, 1.82) is 0 Å². The van der Waals surface area contributed by atoms with Gasteiger partial charge in [0.05, 0.1) is 37.5 Å². The number of nitrogens with zero attached hydrogens (tertiary/aromatic N) is 5. The summed E-state index contributed by atoms with van der Waals surface area (Å²) in [6, 6.07) is 32.2. The van der Waals surface area contributed by atoms with Gasteiger partial charge >= 0.3 is 12.2 Å². The van der Waals surface area contributed by atoms with Crippen molar-refractivity contribution in [2.24, 2.45) is 0 Å². The third-order valence-electron chi connectivity index (χ3n) is 11.8. The average Bonchev–Trinajstić information content (AvgIpc) is 4.16. The first kappa shape index (κ1) is 39.9. The summed E-state index contributed by atoms with van der Waals surface area (Å²) in [6.07, 6.45) is 3.52. The summed E-state index contributed by atoms with van der Waals surface area (Å²) < 4.78 is 9.68. The zero-order chi connectivity index (χ0) is 42.7. The van der Waals surface area contributed by atoms with E-state index in [2.05, 4.69) is 31.7 Å². The number of aromatic nitrogens is 5. The van der Waals surface area contributed by atoms with E-state index in [9.17, 15) is 19.2 Å². The third-order valence-corrected chi connectivity index (χ3v) is 11.8. The van der Waals surface area contributed by atoms with Gasteiger partial charge < -0.3 is 39.9 Å². The Balaban J connectivity index is 0.910. The second kappa shape index (κ2) is 17.2. The molecular formula is C47H45N9O6. The lowest BCUT2D eigenvalue weighted by atomic mass is 10.0. The van der Waals surface area contributed by atoms with E-state index in [1.807, 2.05) is 103 Å². The van der Waals surface area contributed by atoms with Crippen LogP contribution in [0, 0.1) is 0 Å². The molecule has 7 aromatic rings. The van der Waals surface area contributed by atoms with Crippen molar-refractivity contribution in [2.75, 3.05) is 27.3 Å². The maximum atomic E-state index is 14.0. The van der Waals surface area contributed by atoms with Crippen molar-refractivity contribution in [3.8, 4) is 22.4 Å². The van der Waals surface area contributed by atoms with Crippen LogP contribution in [0.1, 0.15) is 72.5 Å². The molecule has 0 bridgehead atoms. The van der Waals surface area contributed by atoms with Crippen molar-refractivity contribution < 1.29 is 28.7 Å². The van der Waals surface area contributed by atoms with Crippen LogP contribution < -0.4 is 10.6 Å². The minimum Gasteiger partial charge on any atom is -0.453 e. The number of nitrogens with one attached hydrogen (secondary N) is 4. The number of methoxy groups -OCH3 is 2. The standard InChI is InChI=1S/C47H45N9O6/c1-61-46(59)52-39(30-11-5-3-6-12-30)44(57)55-23-9-15-37(55)34-22-21-32-25-35(50-41(32)49-34)29-19-17-28(18-20-29)33-26-36-42(48-27-33)54-43(51-36)38-16-10-24-56(38)45(58)40(53-47(60)62-2)31-13-7-4-8-14-31/h3-8,11-14,17-22,25-27,37-40H,9-10,15-16,23-24H2,1-2H3,(H,49,50)(H,52,59)(H,53,60)(H,48,51,54). The monoisotopic (exact) mass is 831 g/mol. The van der Waals surface area contributed by atoms with Gasteiger partial charge in [-0.2, -0.15) is 0 Å². The molecule has 4 atom stereocenters. The highest BCUT2D eigenvalue weighted by atomic mass is 16.5. The Hall–Kier alpha value is -7.55. The smallest absolute Gasteiger partial charge is 0.407 e. The number of ether oxygens (including phenoxy) is 2. The molecule has 0 spiro atoms. The van der Waals surface area contributed by atoms with Gasteiger partial charge in [-0.1, -0.05) is 84.9 Å². The molecular weight excluding hydrogens is 787 g/mol. The number of carbonyl (C=O) groups excluding carboxylic acids is 4. The predicted molar refractivity (Wildman–Crippen MR) is 231 cm³/mol. The molecule has 4 aromatic heterocycles. The number of carbonyl (C=O) groups is 4. The summed E-state index contributed by atoms with van der Waals surface area (Å²) in [5.74, 6) is 0.197. The summed E-state index contributed by atoms with van der Waals surface area (Å²) in [6.45, 7) is 1.08. The number of hydrogen-bond donors (Lipinski definition) is 4. The lowest BCUT2D eigenvalue weighted by Crippen LogP contribution is -2.42. The number of pyridine rings is 2. The van der Waals surface area contributed by atoms with Crippen molar-refractivity contribution in [2.45, 2.75) is 49.9 Å². The average molecular weight is 832 g/mol. The maximum absolute atomic E-state index is 14.0. The molecule has 0 aliphatic carbocycles. The molecule has 314 valence electrons. The number of likely N-dealkylation sites (tertiary alicyclic amines) is 2. The van der Waals surface area contributed by atoms with Gasteiger partial charge in [0.15, 0.2) is 5.65 Å². The van der Waals surface area contributed by atoms with Crippen molar-refractivity contribution >= 4 is 46.2 Å². The van der Waals surface area contributed by atoms with E-state index < -0.39 is 24.3 Å². The number of hydrogen-bond acceptors (Lipinski definition) is 9. The fourth-order valence-corrected chi connectivity index (χ4v) is 8.64. The highest BCUT2D eigenvalue weighted by Gasteiger charge is 2.38. The fourth-order valence-electron chi connectivity index (χ4n) is 8.64. The normalized spacial score (nSPS) is 17.2. The van der Waals surface area contributed by atoms with Gasteiger partial charge in [-0.3, -0.25) is 9.59 Å². The van der Waals surface area contributed by atoms with E-state index >= 15 is 0 Å². The van der Waals surface area contributed by atoms with Gasteiger partial charge in [0.25, 0.3) is 5.91 Å². The molecule has 15 heteroatoms. The summed E-state index contributed by atoms with van der Waals surface area (Å²) in [5, 5.41) is 6.38. The number of benzene rings is 3. The van der Waals surface area contributed by atoms with Crippen LogP contribution in [0.15, 0.2) is 115 Å². The second-order valence-corrected chi connectivity index (χ2v) is 15.5. The van der Waals surface area contributed by atoms with Crippen LogP contribution in [0.3, 0.4) is 0 Å². The van der Waals surface area contributed by atoms with Crippen molar-refractivity contribution in [1.82, 2.24) is 45.4 Å². The lowest BCUT2D eigenvalue weighted by molar-refractivity contribution is -0.135. The molecule has 0 radical (unpaired) electrons. The predicted octanol–water partition coefficient (Wildman–Crippen LogP) is 7.69. The number of fused-ring (bicyclic) bond motifs is 2. The summed E-state index contributed by atoms with van der Waals surface area (Å²) in [5.41, 5.74) is 7.89. The number of imidazole rings is 1. The van der Waals surface area contributed by atoms with Crippen LogP contribution in [0.4, 0.5) is 9.59 Å². The van der Waals surface area contributed by atoms with Crippen molar-refractivity contribution in [3.05, 3.63) is 138 Å². The molecule has 0 saturated carbocycles. The van der Waals surface area contributed by atoms with Crippen LogP contribution >= 0.6 is 0 Å². The summed E-state index contributed by atoms with van der Waals surface area (Å²) in [7, 11) is 2.56.